The van der Waals surface area contributed by atoms with E-state index in [1.165, 1.54) is 0 Å². The number of allylic oxidation sites excluding steroid dienone is 2. The number of carbonyl (C=O) groups is 2. The van der Waals surface area contributed by atoms with Gasteiger partial charge in [0, 0.05) is 45.1 Å². The summed E-state index contributed by atoms with van der Waals surface area (Å²) in [7, 11) is 9.15. The minimum atomic E-state index is -0.606. The largest absolute Gasteiger partial charge is 0.462 e. The van der Waals surface area contributed by atoms with E-state index in [4.69, 9.17) is 42.6 Å². The molecule has 6 fully saturated rings. The predicted octanol–water partition coefficient (Wildman–Crippen LogP) is 4.70. The van der Waals surface area contributed by atoms with Gasteiger partial charge in [-0.3, -0.25) is 9.59 Å². The van der Waals surface area contributed by atoms with Crippen molar-refractivity contribution in [3.8, 4) is 0 Å². The lowest BCUT2D eigenvalue weighted by Crippen LogP contribution is -2.59. The molecule has 53 heavy (non-hydrogen) atoms. The van der Waals surface area contributed by atoms with E-state index in [0.717, 1.165) is 50.5 Å². The highest BCUT2D eigenvalue weighted by Gasteiger charge is 2.66. The van der Waals surface area contributed by atoms with Crippen LogP contribution in [0.5, 0.6) is 0 Å². The number of ether oxygens (including phenoxy) is 9. The molecular weight excluding hydrogens is 682 g/mol. The topological polar surface area (TPSA) is 124 Å². The molecule has 2 saturated carbocycles. The minimum absolute atomic E-state index is 0.0105. The van der Waals surface area contributed by atoms with Gasteiger partial charge in [-0.1, -0.05) is 19.9 Å². The zero-order chi connectivity index (χ0) is 37.7. The average Bonchev–Trinajstić information content (AvgIpc) is 3.67. The minimum Gasteiger partial charge on any atom is -0.462 e. The van der Waals surface area contributed by atoms with Gasteiger partial charge in [0.15, 0.2) is 18.4 Å². The summed E-state index contributed by atoms with van der Waals surface area (Å²) >= 11 is 0. The van der Waals surface area contributed by atoms with Crippen LogP contribution in [0.3, 0.4) is 0 Å². The fourth-order valence-electron chi connectivity index (χ4n) is 11.3. The van der Waals surface area contributed by atoms with Crippen LogP contribution in [0.25, 0.3) is 0 Å². The molecule has 0 unspecified atom stereocenters. The van der Waals surface area contributed by atoms with Crippen molar-refractivity contribution in [2.24, 2.45) is 35.5 Å². The monoisotopic (exact) mass is 747 g/mol. The van der Waals surface area contributed by atoms with E-state index in [2.05, 4.69) is 38.9 Å². The highest BCUT2D eigenvalue weighted by Crippen LogP contribution is 2.63. The SMILES string of the molecule is CC[C@H]1CCC[C@H](O[C@H]2CC[C@H](N(C)C)[C@@H](C)O2)[C@@H](C)C(=O)C2=C[C@H]3[C@@H]4C[C@H](O[C@@H]5O[C@@H](C)[C@H](OC)[C@@H](OC)[C@H]5OC)C[C@H]4[C@H]4O[C@H]4[C@H]3[C@@H]2CC(=O)O1. The number of hydrogen-bond donors (Lipinski definition) is 0. The number of rotatable bonds is 9. The highest BCUT2D eigenvalue weighted by atomic mass is 16.7. The van der Waals surface area contributed by atoms with E-state index in [9.17, 15) is 9.59 Å². The summed E-state index contributed by atoms with van der Waals surface area (Å²) in [5.41, 5.74) is 0.758. The standard InChI is InChI=1S/C41H65NO11/c1-10-23-12-11-13-31(52-33-15-14-30(42(5)6)21(3)48-33)20(2)35(44)28-18-26-25-16-24(51-41-40(47-9)39(46-8)36(45-7)22(4)49-41)17-29(25)37-38(53-37)34(26)27(28)19-32(43)50-23/h18,20-27,29-31,33-34,36-41H,10-17,19H2,1-9H3/t20-,21-,22+,23+,24+,25+,26+,27-,29-,30+,31+,33+,34-,36+,37-,38+,39-,40-,41+/m1/s1. The van der Waals surface area contributed by atoms with Crippen molar-refractivity contribution in [2.75, 3.05) is 35.4 Å². The molecule has 12 nitrogen and oxygen atoms in total. The maximum atomic E-state index is 14.8. The molecule has 0 radical (unpaired) electrons. The lowest BCUT2D eigenvalue weighted by atomic mass is 9.66. The third-order valence-corrected chi connectivity index (χ3v) is 14.0. The van der Waals surface area contributed by atoms with E-state index in [1.54, 1.807) is 21.3 Å². The molecule has 0 bridgehead atoms. The van der Waals surface area contributed by atoms with Crippen LogP contribution in [0.4, 0.5) is 0 Å². The summed E-state index contributed by atoms with van der Waals surface area (Å²) in [4.78, 5) is 30.6. The first-order valence-corrected chi connectivity index (χ1v) is 20.4. The fraction of sp³-hybridized carbons (Fsp3) is 0.902. The van der Waals surface area contributed by atoms with Crippen LogP contribution < -0.4 is 0 Å². The van der Waals surface area contributed by atoms with Crippen LogP contribution in [-0.4, -0.2) is 132 Å². The zero-order valence-corrected chi connectivity index (χ0v) is 33.3. The number of ketones is 1. The quantitative estimate of drug-likeness (QED) is 0.240. The van der Waals surface area contributed by atoms with Crippen LogP contribution in [0.15, 0.2) is 11.6 Å². The number of methoxy groups -OCH3 is 3. The summed E-state index contributed by atoms with van der Waals surface area (Å²) in [6, 6.07) is 0.335. The predicted molar refractivity (Wildman–Crippen MR) is 194 cm³/mol. The third-order valence-electron chi connectivity index (χ3n) is 14.0. The zero-order valence-electron chi connectivity index (χ0n) is 33.3. The van der Waals surface area contributed by atoms with Crippen molar-refractivity contribution in [1.29, 1.82) is 0 Å². The summed E-state index contributed by atoms with van der Waals surface area (Å²) in [5, 5.41) is 0. The molecule has 300 valence electrons. The molecule has 3 aliphatic carbocycles. The maximum absolute atomic E-state index is 14.8. The van der Waals surface area contributed by atoms with Crippen LogP contribution in [-0.2, 0) is 52.2 Å². The summed E-state index contributed by atoms with van der Waals surface area (Å²) in [6.07, 6.45) is 6.20. The van der Waals surface area contributed by atoms with Crippen molar-refractivity contribution in [3.63, 3.8) is 0 Å². The molecule has 7 rings (SSSR count). The van der Waals surface area contributed by atoms with Crippen molar-refractivity contribution in [1.82, 2.24) is 4.90 Å². The normalized spacial score (nSPS) is 48.8. The van der Waals surface area contributed by atoms with Gasteiger partial charge in [-0.2, -0.15) is 0 Å². The van der Waals surface area contributed by atoms with Gasteiger partial charge in [-0.15, -0.1) is 0 Å². The Morgan fingerprint density at radius 1 is 0.811 bits per heavy atom. The molecule has 0 aromatic carbocycles. The smallest absolute Gasteiger partial charge is 0.306 e. The van der Waals surface area contributed by atoms with E-state index >= 15 is 0 Å². The molecule has 0 aromatic heterocycles. The Kier molecular flexibility index (Phi) is 12.4. The molecule has 4 saturated heterocycles. The lowest BCUT2D eigenvalue weighted by Gasteiger charge is -2.44. The maximum Gasteiger partial charge on any atom is 0.306 e. The van der Waals surface area contributed by atoms with Crippen LogP contribution in [0.2, 0.25) is 0 Å². The number of carbonyl (C=O) groups excluding carboxylic acids is 2. The Bertz CT molecular complexity index is 1330. The number of epoxide rings is 1. The van der Waals surface area contributed by atoms with E-state index in [-0.39, 0.29) is 109 Å². The van der Waals surface area contributed by atoms with Gasteiger partial charge in [0.1, 0.15) is 24.4 Å². The Hall–Kier alpha value is -1.48. The Morgan fingerprint density at radius 3 is 2.23 bits per heavy atom. The number of likely N-dealkylation sites (N-methyl/N-ethyl adjacent to an activating group) is 1. The molecule has 0 spiro atoms. The van der Waals surface area contributed by atoms with Gasteiger partial charge in [0.05, 0.1) is 43.0 Å². The molecular formula is C41H65NO11. The fourth-order valence-corrected chi connectivity index (χ4v) is 11.3. The molecule has 4 heterocycles. The van der Waals surface area contributed by atoms with Gasteiger partial charge < -0.3 is 47.5 Å². The highest BCUT2D eigenvalue weighted by molar-refractivity contribution is 5.99. The van der Waals surface area contributed by atoms with Crippen molar-refractivity contribution in [2.45, 2.75) is 165 Å². The number of nitrogens with zero attached hydrogens (tertiary/aromatic N) is 1. The number of hydrogen-bond acceptors (Lipinski definition) is 12. The summed E-state index contributed by atoms with van der Waals surface area (Å²) in [6.45, 7) is 8.17. The van der Waals surface area contributed by atoms with E-state index in [0.29, 0.717) is 18.4 Å². The van der Waals surface area contributed by atoms with E-state index < -0.39 is 12.4 Å². The average molecular weight is 748 g/mol. The molecule has 7 aliphatic rings. The van der Waals surface area contributed by atoms with Gasteiger partial charge in [-0.05, 0) is 103 Å². The second-order valence-corrected chi connectivity index (χ2v) is 17.2. The first kappa shape index (κ1) is 39.7. The van der Waals surface area contributed by atoms with Crippen molar-refractivity contribution in [3.05, 3.63) is 11.6 Å². The Labute approximate surface area is 316 Å². The van der Waals surface area contributed by atoms with Gasteiger partial charge in [0.2, 0.25) is 0 Å². The van der Waals surface area contributed by atoms with Gasteiger partial charge >= 0.3 is 5.97 Å². The van der Waals surface area contributed by atoms with E-state index in [1.807, 2.05) is 13.8 Å². The van der Waals surface area contributed by atoms with Crippen LogP contribution in [0, 0.1) is 35.5 Å². The molecule has 0 aromatic rings. The summed E-state index contributed by atoms with van der Waals surface area (Å²) < 4.78 is 56.2. The van der Waals surface area contributed by atoms with Crippen molar-refractivity contribution < 1.29 is 52.2 Å². The lowest BCUT2D eigenvalue weighted by molar-refractivity contribution is -0.314. The third kappa shape index (κ3) is 7.80. The van der Waals surface area contributed by atoms with Crippen LogP contribution in [0.1, 0.15) is 85.5 Å². The Morgan fingerprint density at radius 2 is 1.55 bits per heavy atom. The first-order chi connectivity index (χ1) is 25.5. The summed E-state index contributed by atoms with van der Waals surface area (Å²) in [5.74, 6) is -0.0628. The van der Waals surface area contributed by atoms with Crippen LogP contribution >= 0.6 is 0 Å². The van der Waals surface area contributed by atoms with Crippen molar-refractivity contribution >= 4 is 11.8 Å². The second-order valence-electron chi connectivity index (χ2n) is 17.2. The second kappa shape index (κ2) is 16.5. The molecule has 4 aliphatic heterocycles. The molecule has 0 N–H and O–H groups in total. The number of cyclic esters (lactones) is 1. The van der Waals surface area contributed by atoms with Gasteiger partial charge in [0.25, 0.3) is 0 Å². The number of Topliss-reactive ketones (excluding diaryl/α,β-unsaturated/α-hetero) is 1. The number of fused-ring (bicyclic) bond motifs is 8. The molecule has 0 amide bonds. The Balaban J connectivity index is 1.11. The number of esters is 1. The molecule has 19 atom stereocenters. The molecule has 12 heteroatoms. The van der Waals surface area contributed by atoms with Gasteiger partial charge in [-0.25, -0.2) is 0 Å². The first-order valence-electron chi connectivity index (χ1n) is 20.4.